The van der Waals surface area contributed by atoms with Crippen LogP contribution in [0.15, 0.2) is 55.1 Å². The molecule has 1 heterocycles. The number of fused-ring (bicyclic) bond motifs is 1. The van der Waals surface area contributed by atoms with E-state index in [-0.39, 0.29) is 24.9 Å². The number of hydrogen-bond donors (Lipinski definition) is 2. The highest BCUT2D eigenvalue weighted by molar-refractivity contribution is 5.94. The molecule has 0 aromatic heterocycles. The molecule has 1 aliphatic rings. The molecule has 1 aliphatic heterocycles. The van der Waals surface area contributed by atoms with Crippen LogP contribution >= 0.6 is 0 Å². The number of amides is 2. The average Bonchev–Trinajstić information content (AvgIpc) is 2.81. The van der Waals surface area contributed by atoms with Crippen molar-refractivity contribution < 1.29 is 29.1 Å². The van der Waals surface area contributed by atoms with Gasteiger partial charge in [-0.25, -0.2) is 0 Å². The average molecular weight is 426 g/mol. The minimum absolute atomic E-state index is 0.123. The maximum Gasteiger partial charge on any atom is 0.282 e. The highest BCUT2D eigenvalue weighted by Gasteiger charge is 2.22. The summed E-state index contributed by atoms with van der Waals surface area (Å²) >= 11 is 0. The highest BCUT2D eigenvalue weighted by atomic mass is 16.6. The first kappa shape index (κ1) is 22.2. The molecule has 2 aromatic carbocycles. The van der Waals surface area contributed by atoms with Crippen molar-refractivity contribution in [2.75, 3.05) is 44.9 Å². The van der Waals surface area contributed by atoms with Crippen LogP contribution in [0.5, 0.6) is 17.2 Å². The summed E-state index contributed by atoms with van der Waals surface area (Å²) in [5.41, 5.74) is 1.54. The van der Waals surface area contributed by atoms with E-state index in [1.54, 1.807) is 35.5 Å². The molecule has 0 aliphatic carbocycles. The number of likely N-dealkylation sites (N-methyl/N-ethyl adjacent to an activating group) is 1. The van der Waals surface area contributed by atoms with Gasteiger partial charge >= 0.3 is 0 Å². The van der Waals surface area contributed by atoms with Gasteiger partial charge < -0.3 is 29.7 Å². The van der Waals surface area contributed by atoms with E-state index in [4.69, 9.17) is 14.2 Å². The molecular weight excluding hydrogens is 398 g/mol. The summed E-state index contributed by atoms with van der Waals surface area (Å²) < 4.78 is 17.0. The number of anilines is 1. The molecule has 0 atom stereocenters. The van der Waals surface area contributed by atoms with E-state index in [2.05, 4.69) is 11.9 Å². The van der Waals surface area contributed by atoms with Crippen molar-refractivity contribution in [2.45, 2.75) is 6.54 Å². The predicted octanol–water partition coefficient (Wildman–Crippen LogP) is 0.865. The van der Waals surface area contributed by atoms with E-state index < -0.39 is 0 Å². The number of quaternary nitrogens is 1. The number of nitrogens with one attached hydrogen (secondary N) is 1. The Kier molecular flexibility index (Phi) is 7.89. The van der Waals surface area contributed by atoms with Crippen LogP contribution in [0.4, 0.5) is 5.69 Å². The molecule has 0 fully saturated rings. The van der Waals surface area contributed by atoms with E-state index in [0.29, 0.717) is 49.3 Å². The van der Waals surface area contributed by atoms with Crippen molar-refractivity contribution in [1.82, 2.24) is 5.32 Å². The zero-order valence-electron chi connectivity index (χ0n) is 17.6. The third kappa shape index (κ3) is 5.99. The third-order valence-corrected chi connectivity index (χ3v) is 4.72. The van der Waals surface area contributed by atoms with Crippen LogP contribution in [0.3, 0.4) is 0 Å². The van der Waals surface area contributed by atoms with Gasteiger partial charge in [-0.05, 0) is 18.2 Å². The van der Waals surface area contributed by atoms with Crippen molar-refractivity contribution in [3.05, 3.63) is 60.7 Å². The number of benzene rings is 2. The van der Waals surface area contributed by atoms with Crippen molar-refractivity contribution in [2.24, 2.45) is 0 Å². The summed E-state index contributed by atoms with van der Waals surface area (Å²) in [7, 11) is 1.57. The van der Waals surface area contributed by atoms with Gasteiger partial charge in [0.05, 0.1) is 6.54 Å². The SMILES string of the molecule is C=CCOc1ccccc1CN(C(=O)C[NH2+]CC(=O)NC)c1ccc2c(c1)OCCO2. The van der Waals surface area contributed by atoms with Gasteiger partial charge in [0.25, 0.3) is 11.8 Å². The maximum absolute atomic E-state index is 13.1. The van der Waals surface area contributed by atoms with Crippen LogP contribution in [0, 0.1) is 0 Å². The second kappa shape index (κ2) is 11.0. The van der Waals surface area contributed by atoms with Crippen LogP contribution in [0.1, 0.15) is 5.56 Å². The molecule has 0 saturated heterocycles. The lowest BCUT2D eigenvalue weighted by Gasteiger charge is -2.26. The minimum Gasteiger partial charge on any atom is -0.489 e. The summed E-state index contributed by atoms with van der Waals surface area (Å²) in [5.74, 6) is 1.67. The molecule has 2 aromatic rings. The monoisotopic (exact) mass is 426 g/mol. The zero-order chi connectivity index (χ0) is 22.1. The van der Waals surface area contributed by atoms with Crippen molar-refractivity contribution in [1.29, 1.82) is 0 Å². The molecule has 8 heteroatoms. The Labute approximate surface area is 181 Å². The predicted molar refractivity (Wildman–Crippen MR) is 116 cm³/mol. The lowest BCUT2D eigenvalue weighted by molar-refractivity contribution is -0.632. The molecule has 0 saturated carbocycles. The van der Waals surface area contributed by atoms with Gasteiger partial charge in [0, 0.05) is 24.4 Å². The standard InChI is InChI=1S/C23H27N3O5/c1-3-10-29-19-7-5-4-6-17(19)16-26(23(28)15-25-14-22(27)24-2)18-8-9-20-21(13-18)31-12-11-30-20/h3-9,13,25H,1,10-12,14-16H2,2H3,(H,24,27)/p+1. The molecule has 0 spiro atoms. The first-order valence-electron chi connectivity index (χ1n) is 10.2. The number of carbonyl (C=O) groups is 2. The summed E-state index contributed by atoms with van der Waals surface area (Å²) in [5, 5.41) is 4.22. The number of nitrogens with two attached hydrogens (primary N) is 1. The molecule has 0 radical (unpaired) electrons. The molecule has 3 N–H and O–H groups in total. The Morgan fingerprint density at radius 3 is 2.71 bits per heavy atom. The molecule has 3 rings (SSSR count). The Hall–Kier alpha value is -3.52. The number of para-hydroxylation sites is 1. The summed E-state index contributed by atoms with van der Waals surface area (Å²) in [6, 6.07) is 13.0. The third-order valence-electron chi connectivity index (χ3n) is 4.72. The van der Waals surface area contributed by atoms with Crippen molar-refractivity contribution in [3.63, 3.8) is 0 Å². The fraction of sp³-hybridized carbons (Fsp3) is 0.304. The lowest BCUT2D eigenvalue weighted by Crippen LogP contribution is -2.88. The van der Waals surface area contributed by atoms with Gasteiger partial charge in [0.2, 0.25) is 0 Å². The minimum atomic E-state index is -0.140. The normalized spacial score (nSPS) is 12.0. The highest BCUT2D eigenvalue weighted by Crippen LogP contribution is 2.35. The van der Waals surface area contributed by atoms with Gasteiger partial charge in [-0.2, -0.15) is 0 Å². The fourth-order valence-corrected chi connectivity index (χ4v) is 3.16. The smallest absolute Gasteiger partial charge is 0.282 e. The second-order valence-corrected chi connectivity index (χ2v) is 6.89. The van der Waals surface area contributed by atoms with Gasteiger partial charge in [0.15, 0.2) is 24.6 Å². The first-order valence-corrected chi connectivity index (χ1v) is 10.2. The Bertz CT molecular complexity index is 931. The van der Waals surface area contributed by atoms with E-state index >= 15 is 0 Å². The van der Waals surface area contributed by atoms with Crippen molar-refractivity contribution >= 4 is 17.5 Å². The van der Waals surface area contributed by atoms with Gasteiger partial charge in [0.1, 0.15) is 25.6 Å². The molecule has 8 nitrogen and oxygen atoms in total. The van der Waals surface area contributed by atoms with E-state index in [0.717, 1.165) is 5.56 Å². The van der Waals surface area contributed by atoms with E-state index in [9.17, 15) is 9.59 Å². The van der Waals surface area contributed by atoms with Crippen LogP contribution in [0.2, 0.25) is 0 Å². The van der Waals surface area contributed by atoms with Gasteiger partial charge in [-0.1, -0.05) is 30.9 Å². The quantitative estimate of drug-likeness (QED) is 0.550. The molecule has 2 amide bonds. The Morgan fingerprint density at radius 1 is 1.16 bits per heavy atom. The molecular formula is C23H28N3O5+. The number of nitrogens with zero attached hydrogens (tertiary/aromatic N) is 1. The summed E-state index contributed by atoms with van der Waals surface area (Å²) in [6.45, 7) is 5.62. The topological polar surface area (TPSA) is 93.7 Å². The number of hydrogen-bond acceptors (Lipinski definition) is 5. The fourth-order valence-electron chi connectivity index (χ4n) is 3.16. The Morgan fingerprint density at radius 2 is 1.94 bits per heavy atom. The first-order chi connectivity index (χ1) is 15.1. The Balaban J connectivity index is 1.85. The molecule has 31 heavy (non-hydrogen) atoms. The zero-order valence-corrected chi connectivity index (χ0v) is 17.6. The maximum atomic E-state index is 13.1. The largest absolute Gasteiger partial charge is 0.489 e. The lowest BCUT2D eigenvalue weighted by atomic mass is 10.1. The summed E-state index contributed by atoms with van der Waals surface area (Å²) in [6.07, 6.45) is 1.67. The van der Waals surface area contributed by atoms with Crippen LogP contribution in [-0.4, -0.2) is 51.8 Å². The van der Waals surface area contributed by atoms with Crippen molar-refractivity contribution in [3.8, 4) is 17.2 Å². The summed E-state index contributed by atoms with van der Waals surface area (Å²) in [4.78, 5) is 26.3. The number of ether oxygens (including phenoxy) is 3. The molecule has 0 unspecified atom stereocenters. The van der Waals surface area contributed by atoms with Gasteiger partial charge in [-0.15, -0.1) is 0 Å². The number of carbonyl (C=O) groups excluding carboxylic acids is 2. The molecule has 164 valence electrons. The number of rotatable bonds is 10. The second-order valence-electron chi connectivity index (χ2n) is 6.89. The van der Waals surface area contributed by atoms with E-state index in [1.165, 1.54) is 0 Å². The van der Waals surface area contributed by atoms with Crippen LogP contribution in [-0.2, 0) is 16.1 Å². The van der Waals surface area contributed by atoms with Crippen LogP contribution < -0.4 is 29.7 Å². The van der Waals surface area contributed by atoms with E-state index in [1.807, 2.05) is 30.3 Å². The van der Waals surface area contributed by atoms with Crippen LogP contribution in [0.25, 0.3) is 0 Å². The molecule has 0 bridgehead atoms. The van der Waals surface area contributed by atoms with Gasteiger partial charge in [-0.3, -0.25) is 9.59 Å².